The summed E-state index contributed by atoms with van der Waals surface area (Å²) in [5, 5.41) is 8.39. The minimum Gasteiger partial charge on any atom is -0.478 e. The smallest absolute Gasteiger partial charge is 0.336 e. The summed E-state index contributed by atoms with van der Waals surface area (Å²) < 4.78 is 29.9. The summed E-state index contributed by atoms with van der Waals surface area (Å²) in [5.41, 5.74) is -0.0602. The minimum absolute atomic E-state index is 0.0265. The van der Waals surface area contributed by atoms with Gasteiger partial charge in [0, 0.05) is 11.1 Å². The molecule has 0 spiro atoms. The predicted octanol–water partition coefficient (Wildman–Crippen LogP) is 1.71. The van der Waals surface area contributed by atoms with Crippen molar-refractivity contribution in [2.75, 3.05) is 13.2 Å². The third-order valence-corrected chi connectivity index (χ3v) is 5.68. The third kappa shape index (κ3) is 2.43. The number of hydrogen-bond acceptors (Lipinski definition) is 4. The summed E-state index contributed by atoms with van der Waals surface area (Å²) in [4.78, 5) is 11.0. The summed E-state index contributed by atoms with van der Waals surface area (Å²) >= 11 is 3.08. The quantitative estimate of drug-likeness (QED) is 0.910. The van der Waals surface area contributed by atoms with Crippen molar-refractivity contribution in [2.45, 2.75) is 16.6 Å². The number of hydrogen-bond donors (Lipinski definition) is 1. The molecular formula is C11H11BrO5S. The van der Waals surface area contributed by atoms with Crippen molar-refractivity contribution in [3.63, 3.8) is 0 Å². The molecule has 1 fully saturated rings. The molecule has 7 heteroatoms. The normalized spacial score (nSPS) is 19.9. The molecule has 0 saturated carbocycles. The van der Waals surface area contributed by atoms with Gasteiger partial charge in [0.15, 0.2) is 9.84 Å². The van der Waals surface area contributed by atoms with Crippen molar-refractivity contribution < 1.29 is 23.1 Å². The van der Waals surface area contributed by atoms with Crippen LogP contribution in [0, 0.1) is 0 Å². The molecule has 1 heterocycles. The lowest BCUT2D eigenvalue weighted by Crippen LogP contribution is -2.21. The van der Waals surface area contributed by atoms with Crippen molar-refractivity contribution in [1.82, 2.24) is 0 Å². The molecule has 18 heavy (non-hydrogen) atoms. The lowest BCUT2D eigenvalue weighted by molar-refractivity contribution is 0.0695. The van der Waals surface area contributed by atoms with Crippen LogP contribution >= 0.6 is 15.9 Å². The average molecular weight is 335 g/mol. The van der Waals surface area contributed by atoms with E-state index in [1.165, 1.54) is 18.2 Å². The van der Waals surface area contributed by atoms with Gasteiger partial charge < -0.3 is 9.84 Å². The zero-order valence-electron chi connectivity index (χ0n) is 9.30. The maximum absolute atomic E-state index is 12.2. The lowest BCUT2D eigenvalue weighted by atomic mass is 10.2. The third-order valence-electron chi connectivity index (χ3n) is 2.82. The van der Waals surface area contributed by atoms with E-state index in [2.05, 4.69) is 15.9 Å². The highest BCUT2D eigenvalue weighted by Crippen LogP contribution is 2.26. The van der Waals surface area contributed by atoms with Crippen LogP contribution in [-0.4, -0.2) is 38.0 Å². The SMILES string of the molecule is O=C(O)c1cc(S(=O)(=O)C2CCOC2)ccc1Br. The predicted molar refractivity (Wildman–Crippen MR) is 67.5 cm³/mol. The Bertz CT molecular complexity index is 575. The molecule has 0 bridgehead atoms. The van der Waals surface area contributed by atoms with Gasteiger partial charge in [0.1, 0.15) is 0 Å². The Morgan fingerprint density at radius 2 is 2.17 bits per heavy atom. The highest BCUT2D eigenvalue weighted by Gasteiger charge is 2.31. The monoisotopic (exact) mass is 334 g/mol. The number of benzene rings is 1. The van der Waals surface area contributed by atoms with Crippen LogP contribution in [0.5, 0.6) is 0 Å². The maximum Gasteiger partial charge on any atom is 0.336 e. The van der Waals surface area contributed by atoms with E-state index in [1.807, 2.05) is 0 Å². The van der Waals surface area contributed by atoms with Gasteiger partial charge in [-0.2, -0.15) is 0 Å². The van der Waals surface area contributed by atoms with E-state index in [1.54, 1.807) is 0 Å². The molecule has 1 aliphatic rings. The Balaban J connectivity index is 2.45. The molecule has 0 amide bonds. The molecule has 2 rings (SSSR count). The van der Waals surface area contributed by atoms with Crippen molar-refractivity contribution in [3.05, 3.63) is 28.2 Å². The molecule has 0 aliphatic carbocycles. The molecule has 1 unspecified atom stereocenters. The van der Waals surface area contributed by atoms with Crippen LogP contribution in [-0.2, 0) is 14.6 Å². The zero-order valence-corrected chi connectivity index (χ0v) is 11.7. The number of carboxylic acids is 1. The van der Waals surface area contributed by atoms with E-state index in [4.69, 9.17) is 9.84 Å². The number of sulfone groups is 1. The zero-order chi connectivity index (χ0) is 13.3. The first-order valence-electron chi connectivity index (χ1n) is 5.27. The fourth-order valence-electron chi connectivity index (χ4n) is 1.80. The molecule has 5 nitrogen and oxygen atoms in total. The molecule has 0 aromatic heterocycles. The van der Waals surface area contributed by atoms with Crippen molar-refractivity contribution >= 4 is 31.7 Å². The number of aromatic carboxylic acids is 1. The van der Waals surface area contributed by atoms with Crippen LogP contribution in [0.4, 0.5) is 0 Å². The van der Waals surface area contributed by atoms with Gasteiger partial charge in [-0.3, -0.25) is 0 Å². The fraction of sp³-hybridized carbons (Fsp3) is 0.364. The molecule has 1 aliphatic heterocycles. The van der Waals surface area contributed by atoms with Gasteiger partial charge in [0.25, 0.3) is 0 Å². The van der Waals surface area contributed by atoms with Crippen LogP contribution in [0.25, 0.3) is 0 Å². The summed E-state index contributed by atoms with van der Waals surface area (Å²) in [7, 11) is -3.52. The van der Waals surface area contributed by atoms with Crippen LogP contribution in [0.3, 0.4) is 0 Å². The Hall–Kier alpha value is -0.920. The van der Waals surface area contributed by atoms with E-state index < -0.39 is 21.1 Å². The highest BCUT2D eigenvalue weighted by atomic mass is 79.9. The number of carbonyl (C=O) groups is 1. The van der Waals surface area contributed by atoms with E-state index in [9.17, 15) is 13.2 Å². The van der Waals surface area contributed by atoms with Crippen LogP contribution < -0.4 is 0 Å². The maximum atomic E-state index is 12.2. The van der Waals surface area contributed by atoms with Crippen molar-refractivity contribution in [2.24, 2.45) is 0 Å². The number of rotatable bonds is 3. The molecule has 98 valence electrons. The second-order valence-corrected chi connectivity index (χ2v) is 7.06. The van der Waals surface area contributed by atoms with E-state index in [0.717, 1.165) is 0 Å². The highest BCUT2D eigenvalue weighted by molar-refractivity contribution is 9.10. The van der Waals surface area contributed by atoms with E-state index >= 15 is 0 Å². The first kappa shape index (κ1) is 13.5. The first-order chi connectivity index (χ1) is 8.43. The second kappa shape index (κ2) is 4.99. The van der Waals surface area contributed by atoms with E-state index in [-0.39, 0.29) is 17.1 Å². The largest absolute Gasteiger partial charge is 0.478 e. The summed E-state index contributed by atoms with van der Waals surface area (Å²) in [6, 6.07) is 4.02. The van der Waals surface area contributed by atoms with Gasteiger partial charge in [-0.1, -0.05) is 0 Å². The number of halogens is 1. The van der Waals surface area contributed by atoms with Gasteiger partial charge in [-0.15, -0.1) is 0 Å². The molecule has 1 saturated heterocycles. The van der Waals surface area contributed by atoms with Gasteiger partial charge in [-0.05, 0) is 40.5 Å². The Morgan fingerprint density at radius 1 is 1.44 bits per heavy atom. The summed E-state index contributed by atoms with van der Waals surface area (Å²) in [6.07, 6.45) is 0.445. The van der Waals surface area contributed by atoms with Gasteiger partial charge in [0.2, 0.25) is 0 Å². The molecular weight excluding hydrogens is 324 g/mol. The second-order valence-electron chi connectivity index (χ2n) is 3.98. The van der Waals surface area contributed by atoms with Crippen molar-refractivity contribution in [1.29, 1.82) is 0 Å². The Labute approximate surface area is 113 Å². The summed E-state index contributed by atoms with van der Waals surface area (Å²) in [5.74, 6) is -1.17. The van der Waals surface area contributed by atoms with Gasteiger partial charge in [-0.25, -0.2) is 13.2 Å². The number of carboxylic acid groups (broad SMARTS) is 1. The van der Waals surface area contributed by atoms with Crippen LogP contribution in [0.1, 0.15) is 16.8 Å². The van der Waals surface area contributed by atoms with Crippen LogP contribution in [0.2, 0.25) is 0 Å². The van der Waals surface area contributed by atoms with Gasteiger partial charge in [0.05, 0.1) is 22.3 Å². The molecule has 1 aromatic rings. The fourth-order valence-corrected chi connectivity index (χ4v) is 3.82. The Kier molecular flexibility index (Phi) is 3.74. The standard InChI is InChI=1S/C11H11BrO5S/c12-10-2-1-7(5-9(10)11(13)14)18(15,16)8-3-4-17-6-8/h1-2,5,8H,3-4,6H2,(H,13,14). The lowest BCUT2D eigenvalue weighted by Gasteiger charge is -2.11. The Morgan fingerprint density at radius 3 is 2.72 bits per heavy atom. The van der Waals surface area contributed by atoms with E-state index in [0.29, 0.717) is 17.5 Å². The molecule has 0 radical (unpaired) electrons. The topological polar surface area (TPSA) is 80.7 Å². The molecule has 1 atom stereocenters. The first-order valence-corrected chi connectivity index (χ1v) is 7.61. The minimum atomic E-state index is -3.52. The van der Waals surface area contributed by atoms with Crippen molar-refractivity contribution in [3.8, 4) is 0 Å². The summed E-state index contributed by atoms with van der Waals surface area (Å²) in [6.45, 7) is 0.590. The molecule has 1 aromatic carbocycles. The van der Waals surface area contributed by atoms with Gasteiger partial charge >= 0.3 is 5.97 Å². The number of ether oxygens (including phenoxy) is 1. The van der Waals surface area contributed by atoms with Crippen LogP contribution in [0.15, 0.2) is 27.6 Å². The average Bonchev–Trinajstić information content (AvgIpc) is 2.82. The molecule has 1 N–H and O–H groups in total.